The summed E-state index contributed by atoms with van der Waals surface area (Å²) in [4.78, 5) is 0. The zero-order valence-corrected chi connectivity index (χ0v) is 8.49. The summed E-state index contributed by atoms with van der Waals surface area (Å²) in [6.45, 7) is 0. The average Bonchev–Trinajstić information content (AvgIpc) is 2.07. The number of halogens is 11. The van der Waals surface area contributed by atoms with Crippen LogP contribution in [0.2, 0.25) is 0 Å². The van der Waals surface area contributed by atoms with E-state index in [0.717, 1.165) is 0 Å². The van der Waals surface area contributed by atoms with Gasteiger partial charge in [0.2, 0.25) is 0 Å². The van der Waals surface area contributed by atoms with E-state index in [0.29, 0.717) is 0 Å². The van der Waals surface area contributed by atoms with Gasteiger partial charge in [0.1, 0.15) is 0 Å². The lowest BCUT2D eigenvalue weighted by Crippen LogP contribution is -2.19. The van der Waals surface area contributed by atoms with E-state index in [1.54, 1.807) is 0 Å². The Morgan fingerprint density at radius 2 is 1.17 bits per heavy atom. The van der Waals surface area contributed by atoms with Gasteiger partial charge in [-0.15, -0.1) is 0 Å². The van der Waals surface area contributed by atoms with Crippen molar-refractivity contribution in [3.63, 3.8) is 0 Å². The molecule has 0 aromatic carbocycles. The Morgan fingerprint density at radius 1 is 0.778 bits per heavy atom. The molecule has 0 aromatic heterocycles. The van der Waals surface area contributed by atoms with E-state index < -0.39 is 41.0 Å². The van der Waals surface area contributed by atoms with E-state index in [4.69, 9.17) is 0 Å². The third kappa shape index (κ3) is 5.15. The molecule has 0 fully saturated rings. The van der Waals surface area contributed by atoms with Gasteiger partial charge in [-0.3, -0.25) is 0 Å². The van der Waals surface area contributed by atoms with Gasteiger partial charge in [0, 0.05) is 6.08 Å². The topological polar surface area (TPSA) is 0 Å². The predicted molar refractivity (Wildman–Crippen MR) is 40.2 cm³/mol. The summed E-state index contributed by atoms with van der Waals surface area (Å²) in [5.74, 6) is -3.24. The van der Waals surface area contributed by atoms with Crippen molar-refractivity contribution in [1.82, 2.24) is 0 Å². The number of hydrogen-bond acceptors (Lipinski definition) is 0. The first kappa shape index (κ1) is 17.1. The van der Waals surface area contributed by atoms with Gasteiger partial charge in [-0.1, -0.05) is 11.6 Å². The molecule has 0 aliphatic heterocycles. The van der Waals surface area contributed by atoms with Gasteiger partial charge >= 0.3 is 18.5 Å². The summed E-state index contributed by atoms with van der Waals surface area (Å²) in [6, 6.07) is 0. The Labute approximate surface area is 97.5 Å². The van der Waals surface area contributed by atoms with Crippen LogP contribution in [-0.2, 0) is 0 Å². The summed E-state index contributed by atoms with van der Waals surface area (Å²) in [5, 5.41) is -2.92. The highest BCUT2D eigenvalue weighted by Gasteiger charge is 2.46. The normalized spacial score (nSPS) is 16.7. The predicted octanol–water partition coefficient (Wildman–Crippen LogP) is 5.02. The van der Waals surface area contributed by atoms with E-state index in [9.17, 15) is 43.9 Å². The second kappa shape index (κ2) is 4.98. The monoisotopic (exact) mass is 310 g/mol. The third-order valence-electron chi connectivity index (χ3n) is 1.29. The lowest BCUT2D eigenvalue weighted by Gasteiger charge is -2.13. The minimum Gasteiger partial charge on any atom is -0.205 e. The molecule has 11 heteroatoms. The van der Waals surface area contributed by atoms with Crippen LogP contribution in [0.15, 0.2) is 22.5 Å². The molecule has 0 spiro atoms. The lowest BCUT2D eigenvalue weighted by atomic mass is 10.2. The first-order valence-corrected chi connectivity index (χ1v) is 4.03. The minimum absolute atomic E-state index is 1.64. The van der Waals surface area contributed by atoms with Crippen LogP contribution in [-0.4, -0.2) is 18.5 Å². The molecule has 0 radical (unpaired) electrons. The van der Waals surface area contributed by atoms with Crippen LogP contribution in [0.4, 0.5) is 43.9 Å². The van der Waals surface area contributed by atoms with E-state index in [1.165, 1.54) is 0 Å². The van der Waals surface area contributed by atoms with Crippen LogP contribution >= 0.6 is 11.6 Å². The van der Waals surface area contributed by atoms with Crippen molar-refractivity contribution in [1.29, 1.82) is 0 Å². The maximum atomic E-state index is 12.7. The highest BCUT2D eigenvalue weighted by atomic mass is 35.5. The van der Waals surface area contributed by atoms with Gasteiger partial charge in [-0.2, -0.15) is 39.5 Å². The van der Waals surface area contributed by atoms with Gasteiger partial charge < -0.3 is 0 Å². The first-order chi connectivity index (χ1) is 7.66. The van der Waals surface area contributed by atoms with Crippen LogP contribution in [0.1, 0.15) is 0 Å². The minimum atomic E-state index is -5.98. The summed E-state index contributed by atoms with van der Waals surface area (Å²) in [7, 11) is 0. The molecule has 0 aliphatic carbocycles. The van der Waals surface area contributed by atoms with Crippen LogP contribution < -0.4 is 0 Å². The highest BCUT2D eigenvalue weighted by molar-refractivity contribution is 6.30. The zero-order chi connectivity index (χ0) is 14.9. The molecule has 0 rings (SSSR count). The second-order valence-electron chi connectivity index (χ2n) is 2.72. The van der Waals surface area contributed by atoms with Crippen LogP contribution in [0.3, 0.4) is 0 Å². The third-order valence-corrected chi connectivity index (χ3v) is 1.67. The molecule has 0 amide bonds. The molecule has 0 aliphatic rings. The quantitative estimate of drug-likeness (QED) is 0.471. The largest absolute Gasteiger partial charge is 0.429 e. The maximum absolute atomic E-state index is 12.7. The standard InChI is InChI=1S/C7HClF10/c8-4(7(16,17)18)3(9)2(6(13,14)15)1-5(10,11)12/h1H/b2-1?,4-3+. The van der Waals surface area contributed by atoms with Crippen molar-refractivity contribution in [3.05, 3.63) is 22.5 Å². The molecule has 0 bridgehead atoms. The summed E-state index contributed by atoms with van der Waals surface area (Å²) >= 11 is 4.21. The molecular formula is C7HClF10. The number of hydrogen-bond donors (Lipinski definition) is 0. The fourth-order valence-electron chi connectivity index (χ4n) is 0.676. The second-order valence-corrected chi connectivity index (χ2v) is 3.10. The molecule has 0 unspecified atom stereocenters. The van der Waals surface area contributed by atoms with Gasteiger partial charge in [-0.25, -0.2) is 4.39 Å². The van der Waals surface area contributed by atoms with Crippen molar-refractivity contribution in [2.24, 2.45) is 0 Å². The van der Waals surface area contributed by atoms with Crippen molar-refractivity contribution in [3.8, 4) is 0 Å². The summed E-state index contributed by atoms with van der Waals surface area (Å²) in [6.07, 6.45) is -19.0. The molecule has 0 atom stereocenters. The summed E-state index contributed by atoms with van der Waals surface area (Å²) in [5.41, 5.74) is -3.16. The van der Waals surface area contributed by atoms with Crippen molar-refractivity contribution in [2.45, 2.75) is 18.5 Å². The van der Waals surface area contributed by atoms with Crippen LogP contribution in [0, 0.1) is 0 Å². The Hall–Kier alpha value is -0.930. The van der Waals surface area contributed by atoms with Crippen LogP contribution in [0.25, 0.3) is 0 Å². The molecule has 18 heavy (non-hydrogen) atoms. The van der Waals surface area contributed by atoms with E-state index >= 15 is 0 Å². The molecule has 0 aromatic rings. The fraction of sp³-hybridized carbons (Fsp3) is 0.429. The molecule has 0 N–H and O–H groups in total. The summed E-state index contributed by atoms with van der Waals surface area (Å²) < 4.78 is 119. The molecular weight excluding hydrogens is 310 g/mol. The SMILES string of the molecule is F/C(C(=CC(F)(F)F)C(F)(F)F)=C(/Cl)C(F)(F)F. The van der Waals surface area contributed by atoms with Crippen molar-refractivity contribution < 1.29 is 43.9 Å². The molecule has 0 nitrogen and oxygen atoms in total. The van der Waals surface area contributed by atoms with Crippen LogP contribution in [0.5, 0.6) is 0 Å². The number of rotatable bonds is 1. The fourth-order valence-corrected chi connectivity index (χ4v) is 0.778. The van der Waals surface area contributed by atoms with Crippen molar-refractivity contribution >= 4 is 11.6 Å². The Bertz CT molecular complexity index is 365. The van der Waals surface area contributed by atoms with Crippen molar-refractivity contribution in [2.75, 3.05) is 0 Å². The van der Waals surface area contributed by atoms with E-state index in [2.05, 4.69) is 11.6 Å². The van der Waals surface area contributed by atoms with Gasteiger partial charge in [-0.05, 0) is 0 Å². The Kier molecular flexibility index (Phi) is 4.72. The molecule has 0 saturated heterocycles. The molecule has 0 saturated carbocycles. The molecule has 0 heterocycles. The number of alkyl halides is 9. The van der Waals surface area contributed by atoms with E-state index in [1.807, 2.05) is 0 Å². The number of allylic oxidation sites excluding steroid dienone is 4. The van der Waals surface area contributed by atoms with Gasteiger partial charge in [0.25, 0.3) is 0 Å². The van der Waals surface area contributed by atoms with E-state index in [-0.39, 0.29) is 0 Å². The molecule has 106 valence electrons. The Balaban J connectivity index is 5.89. The maximum Gasteiger partial charge on any atom is 0.429 e. The van der Waals surface area contributed by atoms with Gasteiger partial charge in [0.15, 0.2) is 10.9 Å². The lowest BCUT2D eigenvalue weighted by molar-refractivity contribution is -0.109. The first-order valence-electron chi connectivity index (χ1n) is 3.66. The van der Waals surface area contributed by atoms with Gasteiger partial charge in [0.05, 0.1) is 5.57 Å². The average molecular weight is 311 g/mol. The smallest absolute Gasteiger partial charge is 0.205 e. The zero-order valence-electron chi connectivity index (χ0n) is 7.73. The highest BCUT2D eigenvalue weighted by Crippen LogP contribution is 2.41. The Morgan fingerprint density at radius 3 is 1.39 bits per heavy atom.